The summed E-state index contributed by atoms with van der Waals surface area (Å²) < 4.78 is 0. The van der Waals surface area contributed by atoms with Crippen molar-refractivity contribution in [3.8, 4) is 11.1 Å². The van der Waals surface area contributed by atoms with Gasteiger partial charge in [0.05, 0.1) is 0 Å². The Hall–Kier alpha value is -2.54. The zero-order chi connectivity index (χ0) is 13.8. The molecule has 2 N–H and O–H groups in total. The quantitative estimate of drug-likeness (QED) is 0.687. The fourth-order valence-corrected chi connectivity index (χ4v) is 2.39. The molecule has 98 valence electrons. The Morgan fingerprint density at radius 2 is 1.20 bits per heavy atom. The van der Waals surface area contributed by atoms with E-state index in [0.717, 1.165) is 17.7 Å². The molecule has 0 atom stereocenters. The van der Waals surface area contributed by atoms with Gasteiger partial charge in [-0.1, -0.05) is 72.8 Å². The van der Waals surface area contributed by atoms with Crippen LogP contribution in [-0.4, -0.2) is 0 Å². The lowest BCUT2D eigenvalue weighted by Gasteiger charge is -2.07. The van der Waals surface area contributed by atoms with Gasteiger partial charge in [-0.15, -0.1) is 0 Å². The van der Waals surface area contributed by atoms with Gasteiger partial charge in [-0.25, -0.2) is 0 Å². The van der Waals surface area contributed by atoms with E-state index >= 15 is 0 Å². The van der Waals surface area contributed by atoms with Gasteiger partial charge in [0.25, 0.3) is 0 Å². The smallest absolute Gasteiger partial charge is 0.0393 e. The van der Waals surface area contributed by atoms with Crippen LogP contribution in [0.2, 0.25) is 0 Å². The molecular formula is C19H17N. The van der Waals surface area contributed by atoms with Crippen molar-refractivity contribution in [3.05, 3.63) is 90.0 Å². The Morgan fingerprint density at radius 3 is 1.90 bits per heavy atom. The molecule has 0 spiro atoms. The predicted molar refractivity (Wildman–Crippen MR) is 85.5 cm³/mol. The SMILES string of the molecule is Nc1ccccc1-c1ccc(Cc2ccccc2)cc1. The molecule has 3 aromatic rings. The Balaban J connectivity index is 1.83. The lowest BCUT2D eigenvalue weighted by molar-refractivity contribution is 1.19. The van der Waals surface area contributed by atoms with E-state index in [0.29, 0.717) is 0 Å². The fraction of sp³-hybridized carbons (Fsp3) is 0.0526. The molecule has 3 rings (SSSR count). The van der Waals surface area contributed by atoms with Crippen LogP contribution in [0.5, 0.6) is 0 Å². The molecule has 0 fully saturated rings. The second-order valence-corrected chi connectivity index (χ2v) is 4.95. The van der Waals surface area contributed by atoms with Crippen molar-refractivity contribution < 1.29 is 0 Å². The van der Waals surface area contributed by atoms with Crippen LogP contribution in [0.3, 0.4) is 0 Å². The van der Waals surface area contributed by atoms with Crippen molar-refractivity contribution in [2.75, 3.05) is 5.73 Å². The molecule has 0 aliphatic carbocycles. The van der Waals surface area contributed by atoms with Crippen LogP contribution in [0, 0.1) is 0 Å². The first kappa shape index (κ1) is 12.5. The van der Waals surface area contributed by atoms with E-state index in [1.54, 1.807) is 0 Å². The number of hydrogen-bond acceptors (Lipinski definition) is 1. The molecular weight excluding hydrogens is 242 g/mol. The third-order valence-corrected chi connectivity index (χ3v) is 3.48. The molecule has 20 heavy (non-hydrogen) atoms. The van der Waals surface area contributed by atoms with Crippen LogP contribution in [0.4, 0.5) is 5.69 Å². The number of nitrogen functional groups attached to an aromatic ring is 1. The summed E-state index contributed by atoms with van der Waals surface area (Å²) >= 11 is 0. The topological polar surface area (TPSA) is 26.0 Å². The summed E-state index contributed by atoms with van der Waals surface area (Å²) in [4.78, 5) is 0. The van der Waals surface area contributed by atoms with Gasteiger partial charge in [-0.3, -0.25) is 0 Å². The summed E-state index contributed by atoms with van der Waals surface area (Å²) in [5.74, 6) is 0. The molecule has 1 nitrogen and oxygen atoms in total. The number of rotatable bonds is 3. The number of benzene rings is 3. The lowest BCUT2D eigenvalue weighted by atomic mass is 9.99. The van der Waals surface area contributed by atoms with Crippen molar-refractivity contribution in [1.29, 1.82) is 0 Å². The highest BCUT2D eigenvalue weighted by atomic mass is 14.6. The second-order valence-electron chi connectivity index (χ2n) is 4.95. The van der Waals surface area contributed by atoms with Crippen molar-refractivity contribution in [2.24, 2.45) is 0 Å². The van der Waals surface area contributed by atoms with Gasteiger partial charge in [-0.2, -0.15) is 0 Å². The Kier molecular flexibility index (Phi) is 3.51. The molecule has 0 aliphatic heterocycles. The summed E-state index contributed by atoms with van der Waals surface area (Å²) in [5.41, 5.74) is 11.7. The monoisotopic (exact) mass is 259 g/mol. The highest BCUT2D eigenvalue weighted by Gasteiger charge is 2.02. The molecule has 0 aromatic heterocycles. The summed E-state index contributed by atoms with van der Waals surface area (Å²) in [5, 5.41) is 0. The first-order valence-electron chi connectivity index (χ1n) is 6.81. The van der Waals surface area contributed by atoms with E-state index < -0.39 is 0 Å². The molecule has 0 amide bonds. The van der Waals surface area contributed by atoms with Crippen LogP contribution in [-0.2, 0) is 6.42 Å². The van der Waals surface area contributed by atoms with Gasteiger partial charge >= 0.3 is 0 Å². The van der Waals surface area contributed by atoms with Crippen LogP contribution < -0.4 is 5.73 Å². The van der Waals surface area contributed by atoms with E-state index in [1.807, 2.05) is 24.3 Å². The molecule has 0 saturated heterocycles. The number of hydrogen-bond donors (Lipinski definition) is 1. The van der Waals surface area contributed by atoms with Gasteiger partial charge < -0.3 is 5.73 Å². The third kappa shape index (κ3) is 2.72. The third-order valence-electron chi connectivity index (χ3n) is 3.48. The van der Waals surface area contributed by atoms with E-state index in [4.69, 9.17) is 5.73 Å². The van der Waals surface area contributed by atoms with Crippen LogP contribution in [0.25, 0.3) is 11.1 Å². The molecule has 0 heterocycles. The molecule has 0 aliphatic rings. The Bertz CT molecular complexity index is 684. The first-order chi connectivity index (χ1) is 9.83. The van der Waals surface area contributed by atoms with Gasteiger partial charge in [0, 0.05) is 11.3 Å². The van der Waals surface area contributed by atoms with Crippen molar-refractivity contribution >= 4 is 5.69 Å². The summed E-state index contributed by atoms with van der Waals surface area (Å²) in [7, 11) is 0. The van der Waals surface area contributed by atoms with E-state index in [2.05, 4.69) is 54.6 Å². The van der Waals surface area contributed by atoms with Gasteiger partial charge in [0.15, 0.2) is 0 Å². The van der Waals surface area contributed by atoms with Gasteiger partial charge in [0.1, 0.15) is 0 Å². The average molecular weight is 259 g/mol. The van der Waals surface area contributed by atoms with Crippen molar-refractivity contribution in [1.82, 2.24) is 0 Å². The first-order valence-corrected chi connectivity index (χ1v) is 6.81. The van der Waals surface area contributed by atoms with E-state index in [1.165, 1.54) is 16.7 Å². The minimum Gasteiger partial charge on any atom is -0.398 e. The standard InChI is InChI=1S/C19H17N/c20-19-9-5-4-8-18(19)17-12-10-16(11-13-17)14-15-6-2-1-3-7-15/h1-13H,14,20H2. The van der Waals surface area contributed by atoms with Crippen molar-refractivity contribution in [2.45, 2.75) is 6.42 Å². The highest BCUT2D eigenvalue weighted by molar-refractivity contribution is 5.76. The van der Waals surface area contributed by atoms with Crippen LogP contribution >= 0.6 is 0 Å². The maximum Gasteiger partial charge on any atom is 0.0393 e. The Morgan fingerprint density at radius 1 is 0.600 bits per heavy atom. The summed E-state index contributed by atoms with van der Waals surface area (Å²) in [6, 6.07) is 27.1. The molecule has 0 radical (unpaired) electrons. The average Bonchev–Trinajstić information content (AvgIpc) is 2.50. The predicted octanol–water partition coefficient (Wildman–Crippen LogP) is 4.53. The Labute approximate surface area is 119 Å². The minimum atomic E-state index is 0.823. The van der Waals surface area contributed by atoms with Crippen LogP contribution in [0.15, 0.2) is 78.9 Å². The number of anilines is 1. The molecule has 0 unspecified atom stereocenters. The normalized spacial score (nSPS) is 10.4. The minimum absolute atomic E-state index is 0.823. The zero-order valence-corrected chi connectivity index (χ0v) is 11.3. The molecule has 1 heteroatoms. The summed E-state index contributed by atoms with van der Waals surface area (Å²) in [6.07, 6.45) is 0.964. The van der Waals surface area contributed by atoms with Crippen molar-refractivity contribution in [3.63, 3.8) is 0 Å². The highest BCUT2D eigenvalue weighted by Crippen LogP contribution is 2.25. The van der Waals surface area contributed by atoms with Gasteiger partial charge in [-0.05, 0) is 29.2 Å². The van der Waals surface area contributed by atoms with Crippen LogP contribution in [0.1, 0.15) is 11.1 Å². The maximum absolute atomic E-state index is 6.01. The zero-order valence-electron chi connectivity index (χ0n) is 11.3. The maximum atomic E-state index is 6.01. The fourth-order valence-electron chi connectivity index (χ4n) is 2.39. The van der Waals surface area contributed by atoms with E-state index in [-0.39, 0.29) is 0 Å². The molecule has 0 bridgehead atoms. The lowest BCUT2D eigenvalue weighted by Crippen LogP contribution is -1.90. The van der Waals surface area contributed by atoms with Gasteiger partial charge in [0.2, 0.25) is 0 Å². The molecule has 0 saturated carbocycles. The molecule has 3 aromatic carbocycles. The number of nitrogens with two attached hydrogens (primary N) is 1. The largest absolute Gasteiger partial charge is 0.398 e. The second kappa shape index (κ2) is 5.62. The summed E-state index contributed by atoms with van der Waals surface area (Å²) in [6.45, 7) is 0. The van der Waals surface area contributed by atoms with E-state index in [9.17, 15) is 0 Å². The number of para-hydroxylation sites is 1.